The fraction of sp³-hybridized carbons (Fsp3) is 1.00. The maximum absolute atomic E-state index is 9.72. The first-order valence-electron chi connectivity index (χ1n) is 8.76. The average Bonchev–Trinajstić information content (AvgIpc) is 2.92. The van der Waals surface area contributed by atoms with Crippen molar-refractivity contribution in [1.82, 2.24) is 15.1 Å². The Labute approximate surface area is 131 Å². The Morgan fingerprint density at radius 2 is 2.14 bits per heavy atom. The van der Waals surface area contributed by atoms with E-state index in [0.717, 1.165) is 25.9 Å². The normalized spacial score (nSPS) is 24.4. The van der Waals surface area contributed by atoms with Gasteiger partial charge in [0.25, 0.3) is 0 Å². The van der Waals surface area contributed by atoms with Crippen molar-refractivity contribution in [3.63, 3.8) is 0 Å². The first kappa shape index (κ1) is 18.9. The molecule has 3 atom stereocenters. The topological polar surface area (TPSA) is 38.7 Å². The maximum atomic E-state index is 9.72. The van der Waals surface area contributed by atoms with Gasteiger partial charge in [0.1, 0.15) is 0 Å². The molecule has 1 aliphatic heterocycles. The van der Waals surface area contributed by atoms with E-state index in [1.54, 1.807) is 0 Å². The number of aliphatic hydroxyl groups excluding tert-OH is 1. The molecule has 0 radical (unpaired) electrons. The molecule has 0 saturated carbocycles. The summed E-state index contributed by atoms with van der Waals surface area (Å²) in [6.07, 6.45) is 4.76. The van der Waals surface area contributed by atoms with Crippen LogP contribution in [0.1, 0.15) is 53.4 Å². The molecule has 1 rings (SSSR count). The Bertz CT molecular complexity index is 287. The minimum absolute atomic E-state index is 0.163. The lowest BCUT2D eigenvalue weighted by Crippen LogP contribution is -2.51. The fourth-order valence-electron chi connectivity index (χ4n) is 3.46. The summed E-state index contributed by atoms with van der Waals surface area (Å²) in [6, 6.07) is 1.19. The minimum Gasteiger partial charge on any atom is -0.394 e. The minimum atomic E-state index is -0.163. The molecule has 1 fully saturated rings. The van der Waals surface area contributed by atoms with Gasteiger partial charge >= 0.3 is 0 Å². The van der Waals surface area contributed by atoms with Gasteiger partial charge in [0.05, 0.1) is 6.61 Å². The van der Waals surface area contributed by atoms with E-state index < -0.39 is 0 Å². The van der Waals surface area contributed by atoms with Gasteiger partial charge in [0.2, 0.25) is 0 Å². The van der Waals surface area contributed by atoms with Gasteiger partial charge in [-0.1, -0.05) is 13.8 Å². The van der Waals surface area contributed by atoms with Crippen molar-refractivity contribution in [3.8, 4) is 0 Å². The van der Waals surface area contributed by atoms with Gasteiger partial charge in [0, 0.05) is 24.2 Å². The van der Waals surface area contributed by atoms with E-state index in [2.05, 4.69) is 49.9 Å². The number of hydrogen-bond acceptors (Lipinski definition) is 4. The van der Waals surface area contributed by atoms with Crippen LogP contribution in [0.5, 0.6) is 0 Å². The standard InChI is InChI=1S/C17H37N3O/c1-6-10-18-17(4,14-21)12-15(3)19(5)13-16-9-8-11-20(16)7-2/h15-16,18,21H,6-14H2,1-5H3. The van der Waals surface area contributed by atoms with Crippen LogP contribution in [-0.4, -0.2) is 72.4 Å². The number of nitrogens with zero attached hydrogens (tertiary/aromatic N) is 2. The van der Waals surface area contributed by atoms with Crippen molar-refractivity contribution in [2.24, 2.45) is 0 Å². The molecule has 4 nitrogen and oxygen atoms in total. The van der Waals surface area contributed by atoms with Crippen LogP contribution < -0.4 is 5.32 Å². The van der Waals surface area contributed by atoms with Crippen molar-refractivity contribution in [2.45, 2.75) is 71.0 Å². The highest BCUT2D eigenvalue weighted by Gasteiger charge is 2.29. The van der Waals surface area contributed by atoms with Gasteiger partial charge in [-0.15, -0.1) is 0 Å². The van der Waals surface area contributed by atoms with Crippen molar-refractivity contribution >= 4 is 0 Å². The zero-order valence-electron chi connectivity index (χ0n) is 14.9. The molecule has 3 unspecified atom stereocenters. The first-order chi connectivity index (χ1) is 9.95. The summed E-state index contributed by atoms with van der Waals surface area (Å²) >= 11 is 0. The molecule has 0 aromatic rings. The maximum Gasteiger partial charge on any atom is 0.0611 e. The predicted octanol–water partition coefficient (Wildman–Crippen LogP) is 1.93. The van der Waals surface area contributed by atoms with Gasteiger partial charge in [-0.05, 0) is 66.2 Å². The van der Waals surface area contributed by atoms with E-state index in [9.17, 15) is 5.11 Å². The van der Waals surface area contributed by atoms with Gasteiger partial charge < -0.3 is 15.3 Å². The SMILES string of the molecule is CCCNC(C)(CO)CC(C)N(C)CC1CCCN1CC. The zero-order chi connectivity index (χ0) is 15.9. The van der Waals surface area contributed by atoms with Gasteiger partial charge in [-0.2, -0.15) is 0 Å². The quantitative estimate of drug-likeness (QED) is 0.646. The molecular formula is C17H37N3O. The van der Waals surface area contributed by atoms with Crippen LogP contribution in [0.2, 0.25) is 0 Å². The van der Waals surface area contributed by atoms with Crippen molar-refractivity contribution < 1.29 is 5.11 Å². The summed E-state index contributed by atoms with van der Waals surface area (Å²) in [6.45, 7) is 13.6. The van der Waals surface area contributed by atoms with Gasteiger partial charge in [-0.25, -0.2) is 0 Å². The van der Waals surface area contributed by atoms with Crippen LogP contribution >= 0.6 is 0 Å². The molecule has 126 valence electrons. The Hall–Kier alpha value is -0.160. The van der Waals surface area contributed by atoms with E-state index in [-0.39, 0.29) is 12.1 Å². The number of aliphatic hydroxyl groups is 1. The number of hydrogen-bond donors (Lipinski definition) is 2. The monoisotopic (exact) mass is 299 g/mol. The summed E-state index contributed by atoms with van der Waals surface area (Å²) in [7, 11) is 2.23. The molecule has 0 aromatic heterocycles. The second-order valence-electron chi connectivity index (χ2n) is 7.06. The number of rotatable bonds is 10. The third kappa shape index (κ3) is 5.85. The van der Waals surface area contributed by atoms with E-state index in [1.165, 1.54) is 25.9 Å². The molecule has 0 spiro atoms. The van der Waals surface area contributed by atoms with E-state index in [1.807, 2.05) is 0 Å². The van der Waals surface area contributed by atoms with Crippen molar-refractivity contribution in [2.75, 3.05) is 39.8 Å². The van der Waals surface area contributed by atoms with Crippen LogP contribution in [0.25, 0.3) is 0 Å². The molecule has 2 N–H and O–H groups in total. The summed E-state index contributed by atoms with van der Waals surface area (Å²) < 4.78 is 0. The predicted molar refractivity (Wildman–Crippen MR) is 90.8 cm³/mol. The highest BCUT2D eigenvalue weighted by Crippen LogP contribution is 2.20. The molecule has 0 amide bonds. The van der Waals surface area contributed by atoms with Gasteiger partial charge in [-0.3, -0.25) is 4.90 Å². The third-order valence-electron chi connectivity index (χ3n) is 5.05. The lowest BCUT2D eigenvalue weighted by atomic mass is 9.93. The summed E-state index contributed by atoms with van der Waals surface area (Å²) in [5.74, 6) is 0. The molecule has 0 bridgehead atoms. The van der Waals surface area contributed by atoms with Crippen molar-refractivity contribution in [3.05, 3.63) is 0 Å². The largest absolute Gasteiger partial charge is 0.394 e. The second-order valence-corrected chi connectivity index (χ2v) is 7.06. The third-order valence-corrected chi connectivity index (χ3v) is 5.05. The average molecular weight is 300 g/mol. The van der Waals surface area contributed by atoms with E-state index >= 15 is 0 Å². The smallest absolute Gasteiger partial charge is 0.0611 e. The van der Waals surface area contributed by atoms with E-state index in [0.29, 0.717) is 12.1 Å². The van der Waals surface area contributed by atoms with E-state index in [4.69, 9.17) is 0 Å². The second kappa shape index (κ2) is 9.09. The summed E-state index contributed by atoms with van der Waals surface area (Å²) in [4.78, 5) is 5.07. The highest BCUT2D eigenvalue weighted by molar-refractivity contribution is 4.88. The van der Waals surface area contributed by atoms with Crippen molar-refractivity contribution in [1.29, 1.82) is 0 Å². The molecule has 21 heavy (non-hydrogen) atoms. The highest BCUT2D eigenvalue weighted by atomic mass is 16.3. The molecular weight excluding hydrogens is 262 g/mol. The molecule has 1 saturated heterocycles. The Kier molecular flexibility index (Phi) is 8.17. The molecule has 4 heteroatoms. The zero-order valence-corrected chi connectivity index (χ0v) is 14.9. The van der Waals surface area contributed by atoms with Crippen LogP contribution in [0, 0.1) is 0 Å². The number of likely N-dealkylation sites (N-methyl/N-ethyl adjacent to an activating group) is 2. The molecule has 0 aromatic carbocycles. The summed E-state index contributed by atoms with van der Waals surface area (Å²) in [5, 5.41) is 13.2. The molecule has 1 heterocycles. The van der Waals surface area contributed by atoms with Gasteiger partial charge in [0.15, 0.2) is 0 Å². The summed E-state index contributed by atoms with van der Waals surface area (Å²) in [5.41, 5.74) is -0.163. The Morgan fingerprint density at radius 3 is 2.71 bits per heavy atom. The number of likely N-dealkylation sites (tertiary alicyclic amines) is 1. The number of nitrogens with one attached hydrogen (secondary N) is 1. The van der Waals surface area contributed by atoms with Crippen LogP contribution in [0.3, 0.4) is 0 Å². The molecule has 0 aliphatic carbocycles. The lowest BCUT2D eigenvalue weighted by molar-refractivity contribution is 0.111. The molecule has 1 aliphatic rings. The first-order valence-corrected chi connectivity index (χ1v) is 8.76. The van der Waals surface area contributed by atoms with Crippen LogP contribution in [0.4, 0.5) is 0 Å². The van der Waals surface area contributed by atoms with Crippen LogP contribution in [-0.2, 0) is 0 Å². The Balaban J connectivity index is 2.47. The lowest BCUT2D eigenvalue weighted by Gasteiger charge is -2.37. The Morgan fingerprint density at radius 1 is 1.43 bits per heavy atom. The van der Waals surface area contributed by atoms with Crippen LogP contribution in [0.15, 0.2) is 0 Å². The fourth-order valence-corrected chi connectivity index (χ4v) is 3.46.